The molecule has 0 amide bonds. The minimum absolute atomic E-state index is 0.289. The quantitative estimate of drug-likeness (QED) is 0.486. The molecule has 0 unspecified atom stereocenters. The molecule has 0 atom stereocenters. The number of rotatable bonds is 0. The van der Waals surface area contributed by atoms with Crippen LogP contribution in [-0.2, 0) is 23.7 Å². The topological polar surface area (TPSA) is 83.1 Å². The van der Waals surface area contributed by atoms with Crippen LogP contribution in [0.3, 0.4) is 0 Å². The highest BCUT2D eigenvalue weighted by molar-refractivity contribution is 5.40. The van der Waals surface area contributed by atoms with Crippen LogP contribution in [0.2, 0.25) is 0 Å². The van der Waals surface area contributed by atoms with Crippen molar-refractivity contribution in [3.8, 4) is 23.0 Å². The molecule has 0 N–H and O–H groups in total. The van der Waals surface area contributed by atoms with Gasteiger partial charge in [-0.05, 0) is 29.8 Å². The van der Waals surface area contributed by atoms with Gasteiger partial charge in [0.05, 0.1) is 66.1 Å². The summed E-state index contributed by atoms with van der Waals surface area (Å²) in [4.78, 5) is 0. The first kappa shape index (κ1) is 28.7. The van der Waals surface area contributed by atoms with Gasteiger partial charge in [-0.3, -0.25) is 0 Å². The highest BCUT2D eigenvalue weighted by Gasteiger charge is 2.08. The van der Waals surface area contributed by atoms with Crippen molar-refractivity contribution in [2.24, 2.45) is 0 Å². The van der Waals surface area contributed by atoms with Crippen molar-refractivity contribution >= 4 is 0 Å². The van der Waals surface area contributed by atoms with Crippen LogP contribution in [0, 0.1) is 0 Å². The van der Waals surface area contributed by atoms with E-state index in [1.54, 1.807) is 0 Å². The number of para-hydroxylation sites is 4. The maximum Gasteiger partial charge on any atom is 0.161 e. The van der Waals surface area contributed by atoms with E-state index in [-0.39, 0.29) is 13.2 Å². The SMILES string of the molecule is C=C1COc2ccccc2OCCOCCOCCOCCOCCOCCOc2ccccc2OC1. The lowest BCUT2D eigenvalue weighted by Gasteiger charge is -2.15. The molecule has 9 nitrogen and oxygen atoms in total. The van der Waals surface area contributed by atoms with Gasteiger partial charge in [0.1, 0.15) is 26.4 Å². The number of hydrogen-bond donors (Lipinski definition) is 0. The van der Waals surface area contributed by atoms with Gasteiger partial charge in [-0.15, -0.1) is 0 Å². The van der Waals surface area contributed by atoms with E-state index >= 15 is 0 Å². The van der Waals surface area contributed by atoms with Crippen LogP contribution in [0.1, 0.15) is 0 Å². The van der Waals surface area contributed by atoms with Crippen molar-refractivity contribution in [1.29, 1.82) is 0 Å². The Kier molecular flexibility index (Phi) is 14.3. The maximum absolute atomic E-state index is 5.93. The molecule has 0 bridgehead atoms. The summed E-state index contributed by atoms with van der Waals surface area (Å²) >= 11 is 0. The molecule has 0 aliphatic carbocycles. The molecule has 2 aromatic carbocycles. The van der Waals surface area contributed by atoms with E-state index in [4.69, 9.17) is 42.6 Å². The second-order valence-electron chi connectivity index (χ2n) is 7.98. The highest BCUT2D eigenvalue weighted by Crippen LogP contribution is 2.28. The molecular formula is C28H38O9. The van der Waals surface area contributed by atoms with Crippen LogP contribution in [0.4, 0.5) is 0 Å². The third-order valence-corrected chi connectivity index (χ3v) is 5.02. The molecule has 1 aliphatic rings. The summed E-state index contributed by atoms with van der Waals surface area (Å²) in [6, 6.07) is 15.0. The average Bonchev–Trinajstić information content (AvgIpc) is 2.92. The molecule has 37 heavy (non-hydrogen) atoms. The van der Waals surface area contributed by atoms with Crippen LogP contribution in [0.25, 0.3) is 0 Å². The van der Waals surface area contributed by atoms with E-state index in [0.717, 1.165) is 5.57 Å². The Morgan fingerprint density at radius 3 is 0.973 bits per heavy atom. The monoisotopic (exact) mass is 518 g/mol. The van der Waals surface area contributed by atoms with Crippen molar-refractivity contribution in [1.82, 2.24) is 0 Å². The van der Waals surface area contributed by atoms with Gasteiger partial charge in [-0.2, -0.15) is 0 Å². The van der Waals surface area contributed by atoms with Gasteiger partial charge in [-0.25, -0.2) is 0 Å². The van der Waals surface area contributed by atoms with Gasteiger partial charge in [0.2, 0.25) is 0 Å². The lowest BCUT2D eigenvalue weighted by atomic mass is 10.3. The van der Waals surface area contributed by atoms with Crippen LogP contribution in [-0.4, -0.2) is 92.5 Å². The normalized spacial score (nSPS) is 18.8. The van der Waals surface area contributed by atoms with E-state index in [2.05, 4.69) is 6.58 Å². The Morgan fingerprint density at radius 2 is 0.649 bits per heavy atom. The van der Waals surface area contributed by atoms with E-state index in [9.17, 15) is 0 Å². The number of fused-ring (bicyclic) bond motifs is 2. The van der Waals surface area contributed by atoms with Gasteiger partial charge in [-0.1, -0.05) is 30.8 Å². The zero-order valence-electron chi connectivity index (χ0n) is 21.4. The van der Waals surface area contributed by atoms with Crippen LogP contribution in [0.15, 0.2) is 60.7 Å². The molecule has 3 rings (SSSR count). The van der Waals surface area contributed by atoms with Gasteiger partial charge in [0.15, 0.2) is 23.0 Å². The minimum atomic E-state index is 0.289. The van der Waals surface area contributed by atoms with Crippen LogP contribution < -0.4 is 18.9 Å². The van der Waals surface area contributed by atoms with Gasteiger partial charge < -0.3 is 42.6 Å². The third kappa shape index (κ3) is 12.3. The number of hydrogen-bond acceptors (Lipinski definition) is 9. The zero-order valence-corrected chi connectivity index (χ0v) is 21.4. The molecule has 0 saturated carbocycles. The first-order valence-corrected chi connectivity index (χ1v) is 12.6. The molecule has 9 heteroatoms. The average molecular weight is 519 g/mol. The Balaban J connectivity index is 1.49. The molecule has 2 aromatic rings. The molecule has 1 aliphatic heterocycles. The Bertz CT molecular complexity index is 820. The second-order valence-corrected chi connectivity index (χ2v) is 7.98. The second kappa shape index (κ2) is 18.4. The predicted molar refractivity (Wildman–Crippen MR) is 138 cm³/mol. The lowest BCUT2D eigenvalue weighted by molar-refractivity contribution is -0.0142. The van der Waals surface area contributed by atoms with E-state index in [0.29, 0.717) is 102 Å². The summed E-state index contributed by atoms with van der Waals surface area (Å²) < 4.78 is 51.2. The fourth-order valence-electron chi connectivity index (χ4n) is 3.18. The summed E-state index contributed by atoms with van der Waals surface area (Å²) in [6.07, 6.45) is 0. The fraction of sp³-hybridized carbons (Fsp3) is 0.500. The van der Waals surface area contributed by atoms with Crippen molar-refractivity contribution in [2.75, 3.05) is 92.5 Å². The van der Waals surface area contributed by atoms with Crippen molar-refractivity contribution in [3.63, 3.8) is 0 Å². The molecule has 0 radical (unpaired) electrons. The Hall–Kier alpha value is -2.82. The first-order chi connectivity index (χ1) is 18.3. The fourth-order valence-corrected chi connectivity index (χ4v) is 3.18. The third-order valence-electron chi connectivity index (χ3n) is 5.02. The molecular weight excluding hydrogens is 480 g/mol. The van der Waals surface area contributed by atoms with Gasteiger partial charge in [0, 0.05) is 0 Å². The highest BCUT2D eigenvalue weighted by atomic mass is 16.6. The van der Waals surface area contributed by atoms with Gasteiger partial charge >= 0.3 is 0 Å². The summed E-state index contributed by atoms with van der Waals surface area (Å²) in [5.41, 5.74) is 0.773. The summed E-state index contributed by atoms with van der Waals surface area (Å²) in [6.45, 7) is 10.3. The molecule has 204 valence electrons. The van der Waals surface area contributed by atoms with E-state index in [1.807, 2.05) is 48.5 Å². The zero-order chi connectivity index (χ0) is 25.8. The van der Waals surface area contributed by atoms with Crippen molar-refractivity contribution in [3.05, 3.63) is 60.7 Å². The van der Waals surface area contributed by atoms with Crippen molar-refractivity contribution < 1.29 is 42.6 Å². The molecule has 0 fully saturated rings. The molecule has 0 aromatic heterocycles. The molecule has 1 heterocycles. The van der Waals surface area contributed by atoms with Crippen LogP contribution in [0.5, 0.6) is 23.0 Å². The number of ether oxygens (including phenoxy) is 9. The number of benzene rings is 2. The molecule has 0 saturated heterocycles. The smallest absolute Gasteiger partial charge is 0.161 e. The summed E-state index contributed by atoms with van der Waals surface area (Å²) in [5.74, 6) is 2.56. The Morgan fingerprint density at radius 1 is 0.378 bits per heavy atom. The van der Waals surface area contributed by atoms with Crippen molar-refractivity contribution in [2.45, 2.75) is 0 Å². The first-order valence-electron chi connectivity index (χ1n) is 12.6. The minimum Gasteiger partial charge on any atom is -0.487 e. The van der Waals surface area contributed by atoms with Crippen LogP contribution >= 0.6 is 0 Å². The van der Waals surface area contributed by atoms with E-state index in [1.165, 1.54) is 0 Å². The lowest BCUT2D eigenvalue weighted by Crippen LogP contribution is -2.15. The van der Waals surface area contributed by atoms with E-state index < -0.39 is 0 Å². The van der Waals surface area contributed by atoms with Gasteiger partial charge in [0.25, 0.3) is 0 Å². The summed E-state index contributed by atoms with van der Waals surface area (Å²) in [5, 5.41) is 0. The summed E-state index contributed by atoms with van der Waals surface area (Å²) in [7, 11) is 0. The largest absolute Gasteiger partial charge is 0.487 e. The standard InChI is InChI=1S/C28H38O9/c1-24-22-36-27-8-4-2-6-25(27)34-20-18-32-16-14-30-12-10-29-11-13-31-15-17-33-19-21-35-26-7-3-5-9-28(26)37-23-24/h2-9H,1,10-23H2. The predicted octanol–water partition coefficient (Wildman–Crippen LogP) is 3.55. The Labute approximate surface area is 219 Å². The molecule has 0 spiro atoms. The maximum atomic E-state index is 5.93.